The minimum atomic E-state index is -0.241. The number of ether oxygens (including phenoxy) is 1. The van der Waals surface area contributed by atoms with Gasteiger partial charge in [0.05, 0.1) is 18.4 Å². The Bertz CT molecular complexity index is 1010. The number of nitrogens with one attached hydrogen (secondary N) is 1. The van der Waals surface area contributed by atoms with Gasteiger partial charge in [-0.25, -0.2) is 0 Å². The summed E-state index contributed by atoms with van der Waals surface area (Å²) in [6.45, 7) is 0. The van der Waals surface area contributed by atoms with E-state index in [-0.39, 0.29) is 17.4 Å². The Kier molecular flexibility index (Phi) is 6.74. The molecular weight excluding hydrogens is 394 g/mol. The molecule has 0 aliphatic heterocycles. The van der Waals surface area contributed by atoms with Crippen LogP contribution in [0.15, 0.2) is 77.7 Å². The molecule has 0 radical (unpaired) electrons. The molecule has 28 heavy (non-hydrogen) atoms. The standard InChI is InChI=1S/C22H18ClNO3S/c1-27-21-11-3-2-10-19(21)20(25)14-28-18-9-5-8-17(13-18)24-22(26)15-6-4-7-16(23)12-15/h2-13H,14H2,1H3,(H,24,26). The molecular formula is C22H18ClNO3S. The maximum Gasteiger partial charge on any atom is 0.255 e. The lowest BCUT2D eigenvalue weighted by Crippen LogP contribution is -2.11. The largest absolute Gasteiger partial charge is 0.496 e. The van der Waals surface area contributed by atoms with Crippen LogP contribution in [0.25, 0.3) is 0 Å². The minimum Gasteiger partial charge on any atom is -0.496 e. The zero-order chi connectivity index (χ0) is 19.9. The summed E-state index contributed by atoms with van der Waals surface area (Å²) in [7, 11) is 1.55. The molecule has 0 bridgehead atoms. The van der Waals surface area contributed by atoms with Crippen molar-refractivity contribution in [1.82, 2.24) is 0 Å². The van der Waals surface area contributed by atoms with Crippen LogP contribution < -0.4 is 10.1 Å². The molecule has 0 saturated carbocycles. The van der Waals surface area contributed by atoms with Gasteiger partial charge >= 0.3 is 0 Å². The molecule has 0 fully saturated rings. The van der Waals surface area contributed by atoms with Crippen LogP contribution in [0.1, 0.15) is 20.7 Å². The number of anilines is 1. The van der Waals surface area contributed by atoms with E-state index in [1.54, 1.807) is 49.6 Å². The van der Waals surface area contributed by atoms with E-state index in [1.165, 1.54) is 11.8 Å². The number of carbonyl (C=O) groups excluding carboxylic acids is 2. The Balaban J connectivity index is 1.65. The van der Waals surface area contributed by atoms with E-state index in [4.69, 9.17) is 16.3 Å². The highest BCUT2D eigenvalue weighted by Crippen LogP contribution is 2.25. The molecule has 1 N–H and O–H groups in total. The lowest BCUT2D eigenvalue weighted by Gasteiger charge is -2.09. The first-order valence-electron chi connectivity index (χ1n) is 8.53. The molecule has 3 aromatic rings. The van der Waals surface area contributed by atoms with Gasteiger partial charge in [-0.2, -0.15) is 0 Å². The molecule has 0 saturated heterocycles. The molecule has 3 aromatic carbocycles. The van der Waals surface area contributed by atoms with E-state index < -0.39 is 0 Å². The van der Waals surface area contributed by atoms with Crippen molar-refractivity contribution in [3.05, 3.63) is 88.9 Å². The molecule has 0 atom stereocenters. The molecule has 6 heteroatoms. The molecule has 3 rings (SSSR count). The molecule has 0 heterocycles. The number of methoxy groups -OCH3 is 1. The Morgan fingerprint density at radius 1 is 1.00 bits per heavy atom. The van der Waals surface area contributed by atoms with Crippen LogP contribution in [0.4, 0.5) is 5.69 Å². The fourth-order valence-corrected chi connectivity index (χ4v) is 3.63. The van der Waals surface area contributed by atoms with Gasteiger partial charge < -0.3 is 10.1 Å². The van der Waals surface area contributed by atoms with Crippen LogP contribution in [0.2, 0.25) is 5.02 Å². The van der Waals surface area contributed by atoms with E-state index in [0.29, 0.717) is 27.6 Å². The highest BCUT2D eigenvalue weighted by molar-refractivity contribution is 8.00. The molecule has 1 amide bonds. The summed E-state index contributed by atoms with van der Waals surface area (Å²) < 4.78 is 5.24. The summed E-state index contributed by atoms with van der Waals surface area (Å²) in [6.07, 6.45) is 0. The highest BCUT2D eigenvalue weighted by atomic mass is 35.5. The Hall–Kier alpha value is -2.76. The summed E-state index contributed by atoms with van der Waals surface area (Å²) in [6, 6.07) is 21.3. The van der Waals surface area contributed by atoms with E-state index in [9.17, 15) is 9.59 Å². The fourth-order valence-electron chi connectivity index (χ4n) is 2.60. The number of Topliss-reactive ketones (excluding diaryl/α,β-unsaturated/α-hetero) is 1. The Morgan fingerprint density at radius 2 is 1.79 bits per heavy atom. The van der Waals surface area contributed by atoms with Gasteiger partial charge in [-0.3, -0.25) is 9.59 Å². The smallest absolute Gasteiger partial charge is 0.255 e. The number of rotatable bonds is 7. The van der Waals surface area contributed by atoms with Crippen molar-refractivity contribution in [3.63, 3.8) is 0 Å². The van der Waals surface area contributed by atoms with Gasteiger partial charge in [-0.05, 0) is 48.5 Å². The normalized spacial score (nSPS) is 10.4. The summed E-state index contributed by atoms with van der Waals surface area (Å²) in [5.41, 5.74) is 1.69. The predicted octanol–water partition coefficient (Wildman–Crippen LogP) is 5.58. The molecule has 0 aliphatic rings. The summed E-state index contributed by atoms with van der Waals surface area (Å²) in [5, 5.41) is 3.35. The van der Waals surface area contributed by atoms with E-state index in [1.807, 2.05) is 30.3 Å². The van der Waals surface area contributed by atoms with Crippen molar-refractivity contribution in [3.8, 4) is 5.75 Å². The minimum absolute atomic E-state index is 0.0178. The van der Waals surface area contributed by atoms with Crippen molar-refractivity contribution in [2.45, 2.75) is 4.90 Å². The van der Waals surface area contributed by atoms with Crippen LogP contribution >= 0.6 is 23.4 Å². The number of hydrogen-bond acceptors (Lipinski definition) is 4. The number of thioether (sulfide) groups is 1. The molecule has 142 valence electrons. The van der Waals surface area contributed by atoms with Crippen molar-refractivity contribution in [1.29, 1.82) is 0 Å². The van der Waals surface area contributed by atoms with E-state index in [2.05, 4.69) is 5.32 Å². The van der Waals surface area contributed by atoms with Gasteiger partial charge in [0, 0.05) is 21.2 Å². The van der Waals surface area contributed by atoms with Crippen molar-refractivity contribution in [2.24, 2.45) is 0 Å². The maximum atomic E-state index is 12.5. The van der Waals surface area contributed by atoms with Crippen LogP contribution in [0, 0.1) is 0 Å². The van der Waals surface area contributed by atoms with Gasteiger partial charge in [-0.15, -0.1) is 11.8 Å². The molecule has 0 aromatic heterocycles. The van der Waals surface area contributed by atoms with Gasteiger partial charge in [0.2, 0.25) is 0 Å². The first kappa shape index (κ1) is 20.0. The topological polar surface area (TPSA) is 55.4 Å². The summed E-state index contributed by atoms with van der Waals surface area (Å²) in [4.78, 5) is 25.7. The second kappa shape index (κ2) is 9.44. The zero-order valence-corrected chi connectivity index (χ0v) is 16.7. The van der Waals surface area contributed by atoms with Crippen molar-refractivity contribution >= 4 is 40.7 Å². The lowest BCUT2D eigenvalue weighted by molar-refractivity contribution is 0.101. The number of benzene rings is 3. The lowest BCUT2D eigenvalue weighted by atomic mass is 10.1. The first-order valence-corrected chi connectivity index (χ1v) is 9.89. The van der Waals surface area contributed by atoms with Gasteiger partial charge in [0.15, 0.2) is 5.78 Å². The predicted molar refractivity (Wildman–Crippen MR) is 114 cm³/mol. The van der Waals surface area contributed by atoms with Crippen LogP contribution in [0.5, 0.6) is 5.75 Å². The third-order valence-electron chi connectivity index (χ3n) is 3.96. The van der Waals surface area contributed by atoms with E-state index in [0.717, 1.165) is 4.90 Å². The van der Waals surface area contributed by atoms with Crippen LogP contribution in [0.3, 0.4) is 0 Å². The third-order valence-corrected chi connectivity index (χ3v) is 5.18. The first-order chi connectivity index (χ1) is 13.6. The highest BCUT2D eigenvalue weighted by Gasteiger charge is 2.12. The number of ketones is 1. The van der Waals surface area contributed by atoms with Crippen LogP contribution in [-0.4, -0.2) is 24.6 Å². The summed E-state index contributed by atoms with van der Waals surface area (Å²) in [5.74, 6) is 0.577. The fraction of sp³-hybridized carbons (Fsp3) is 0.0909. The number of amides is 1. The van der Waals surface area contributed by atoms with Gasteiger partial charge in [0.1, 0.15) is 5.75 Å². The van der Waals surface area contributed by atoms with Crippen molar-refractivity contribution < 1.29 is 14.3 Å². The van der Waals surface area contributed by atoms with E-state index >= 15 is 0 Å². The molecule has 0 spiro atoms. The Morgan fingerprint density at radius 3 is 2.57 bits per heavy atom. The Labute approximate surface area is 172 Å². The van der Waals surface area contributed by atoms with Gasteiger partial charge in [-0.1, -0.05) is 35.9 Å². The monoisotopic (exact) mass is 411 g/mol. The average molecular weight is 412 g/mol. The van der Waals surface area contributed by atoms with Crippen molar-refractivity contribution in [2.75, 3.05) is 18.2 Å². The molecule has 0 unspecified atom stereocenters. The van der Waals surface area contributed by atoms with Gasteiger partial charge in [0.25, 0.3) is 5.91 Å². The number of para-hydroxylation sites is 1. The number of hydrogen-bond donors (Lipinski definition) is 1. The summed E-state index contributed by atoms with van der Waals surface area (Å²) >= 11 is 7.34. The second-order valence-electron chi connectivity index (χ2n) is 5.90. The zero-order valence-electron chi connectivity index (χ0n) is 15.1. The number of carbonyl (C=O) groups is 2. The molecule has 0 aliphatic carbocycles. The number of halogens is 1. The average Bonchev–Trinajstić information content (AvgIpc) is 2.72. The second-order valence-corrected chi connectivity index (χ2v) is 7.39. The quantitative estimate of drug-likeness (QED) is 0.407. The van der Waals surface area contributed by atoms with Crippen LogP contribution in [-0.2, 0) is 0 Å². The maximum absolute atomic E-state index is 12.5. The SMILES string of the molecule is COc1ccccc1C(=O)CSc1cccc(NC(=O)c2cccc(Cl)c2)c1. The third kappa shape index (κ3) is 5.15. The molecule has 4 nitrogen and oxygen atoms in total.